The van der Waals surface area contributed by atoms with Gasteiger partial charge in [-0.2, -0.15) is 0 Å². The molecule has 0 radical (unpaired) electrons. The molecular formula is C16H21ClN2O. The van der Waals surface area contributed by atoms with Crippen LogP contribution in [0.15, 0.2) is 18.2 Å². The quantitative estimate of drug-likeness (QED) is 0.802. The molecule has 4 heteroatoms. The molecular weight excluding hydrogens is 272 g/mol. The van der Waals surface area contributed by atoms with Gasteiger partial charge in [0.05, 0.1) is 5.56 Å². The zero-order valence-corrected chi connectivity index (χ0v) is 12.5. The molecule has 0 unspecified atom stereocenters. The van der Waals surface area contributed by atoms with Gasteiger partial charge in [-0.1, -0.05) is 24.4 Å². The second kappa shape index (κ2) is 5.28. The highest BCUT2D eigenvalue weighted by atomic mass is 35.5. The predicted molar refractivity (Wildman–Crippen MR) is 81.9 cm³/mol. The number of carbonyl (C=O) groups is 1. The van der Waals surface area contributed by atoms with Crippen molar-refractivity contribution in [2.75, 3.05) is 18.8 Å². The van der Waals surface area contributed by atoms with E-state index in [0.717, 1.165) is 25.9 Å². The van der Waals surface area contributed by atoms with E-state index in [4.69, 9.17) is 17.3 Å². The van der Waals surface area contributed by atoms with E-state index in [9.17, 15) is 4.79 Å². The van der Waals surface area contributed by atoms with E-state index in [0.29, 0.717) is 21.7 Å². The van der Waals surface area contributed by atoms with Crippen LogP contribution in [0.4, 0.5) is 5.69 Å². The lowest BCUT2D eigenvalue weighted by atomic mass is 9.77. The van der Waals surface area contributed by atoms with Gasteiger partial charge in [0, 0.05) is 23.8 Å². The number of hydrogen-bond donors (Lipinski definition) is 1. The maximum Gasteiger partial charge on any atom is 0.255 e. The molecule has 3 nitrogen and oxygen atoms in total. The van der Waals surface area contributed by atoms with Crippen LogP contribution in [0.1, 0.15) is 48.9 Å². The summed E-state index contributed by atoms with van der Waals surface area (Å²) in [5, 5.41) is 0.572. The highest BCUT2D eigenvalue weighted by molar-refractivity contribution is 6.31. The molecule has 2 fully saturated rings. The average molecular weight is 293 g/mol. The fourth-order valence-electron chi connectivity index (χ4n) is 3.71. The lowest BCUT2D eigenvalue weighted by molar-refractivity contribution is 0.0588. The lowest BCUT2D eigenvalue weighted by Crippen LogP contribution is -2.42. The molecule has 0 aromatic heterocycles. The van der Waals surface area contributed by atoms with Crippen molar-refractivity contribution in [3.05, 3.63) is 28.8 Å². The van der Waals surface area contributed by atoms with E-state index >= 15 is 0 Å². The van der Waals surface area contributed by atoms with Crippen LogP contribution in [0.25, 0.3) is 0 Å². The van der Waals surface area contributed by atoms with Crippen LogP contribution in [0.2, 0.25) is 5.02 Å². The molecule has 0 bridgehead atoms. The largest absolute Gasteiger partial charge is 0.398 e. The summed E-state index contributed by atoms with van der Waals surface area (Å²) in [6.45, 7) is 1.72. The highest BCUT2D eigenvalue weighted by Gasteiger charge is 2.38. The summed E-state index contributed by atoms with van der Waals surface area (Å²) in [5.74, 6) is 0.0482. The predicted octanol–water partition coefficient (Wildman–Crippen LogP) is 3.72. The molecule has 1 heterocycles. The molecule has 1 aliphatic carbocycles. The number of rotatable bonds is 1. The first-order valence-corrected chi connectivity index (χ1v) is 7.82. The Kier molecular flexibility index (Phi) is 3.63. The van der Waals surface area contributed by atoms with Gasteiger partial charge in [0.2, 0.25) is 0 Å². The van der Waals surface area contributed by atoms with Gasteiger partial charge in [-0.25, -0.2) is 0 Å². The van der Waals surface area contributed by atoms with E-state index < -0.39 is 0 Å². The number of likely N-dealkylation sites (tertiary alicyclic amines) is 1. The Labute approximate surface area is 125 Å². The third kappa shape index (κ3) is 2.51. The molecule has 1 amide bonds. The average Bonchev–Trinajstić information content (AvgIpc) is 2.87. The van der Waals surface area contributed by atoms with Crippen molar-refractivity contribution in [1.29, 1.82) is 0 Å². The van der Waals surface area contributed by atoms with Crippen LogP contribution in [0.5, 0.6) is 0 Å². The fourth-order valence-corrected chi connectivity index (χ4v) is 3.89. The first-order valence-electron chi connectivity index (χ1n) is 7.44. The van der Waals surface area contributed by atoms with Gasteiger partial charge < -0.3 is 10.6 Å². The summed E-state index contributed by atoms with van der Waals surface area (Å²) in [6, 6.07) is 5.12. The Bertz CT molecular complexity index is 513. The highest BCUT2D eigenvalue weighted by Crippen LogP contribution is 2.46. The molecule has 0 atom stereocenters. The second-order valence-electron chi connectivity index (χ2n) is 6.23. The number of piperidine rings is 1. The fraction of sp³-hybridized carbons (Fsp3) is 0.562. The minimum Gasteiger partial charge on any atom is -0.398 e. The molecule has 3 rings (SSSR count). The number of anilines is 1. The number of hydrogen-bond acceptors (Lipinski definition) is 2. The molecule has 1 saturated carbocycles. The SMILES string of the molecule is Nc1cc(Cl)ccc1C(=O)N1CCC2(CCCC2)CC1. The molecule has 20 heavy (non-hydrogen) atoms. The van der Waals surface area contributed by atoms with Crippen molar-refractivity contribution in [2.45, 2.75) is 38.5 Å². The number of halogens is 1. The van der Waals surface area contributed by atoms with Crippen LogP contribution >= 0.6 is 11.6 Å². The van der Waals surface area contributed by atoms with E-state index in [-0.39, 0.29) is 5.91 Å². The third-order valence-corrected chi connectivity index (χ3v) is 5.25. The molecule has 1 aromatic rings. The standard InChI is InChI=1S/C16H21ClN2O/c17-12-3-4-13(14(18)11-12)15(20)19-9-7-16(8-10-19)5-1-2-6-16/h3-4,11H,1-2,5-10,18H2. The first-order chi connectivity index (χ1) is 9.60. The van der Waals surface area contributed by atoms with E-state index in [1.54, 1.807) is 18.2 Å². The Morgan fingerprint density at radius 3 is 2.40 bits per heavy atom. The lowest BCUT2D eigenvalue weighted by Gasteiger charge is -2.39. The third-order valence-electron chi connectivity index (χ3n) is 5.02. The molecule has 2 N–H and O–H groups in total. The zero-order valence-electron chi connectivity index (χ0n) is 11.7. The minimum atomic E-state index is 0.0482. The van der Waals surface area contributed by atoms with Gasteiger partial charge in [0.15, 0.2) is 0 Å². The number of nitrogens with two attached hydrogens (primary N) is 1. The maximum atomic E-state index is 12.5. The van der Waals surface area contributed by atoms with E-state index in [1.807, 2.05) is 4.90 Å². The van der Waals surface area contributed by atoms with Gasteiger partial charge in [-0.15, -0.1) is 0 Å². The van der Waals surface area contributed by atoms with Crippen molar-refractivity contribution < 1.29 is 4.79 Å². The van der Waals surface area contributed by atoms with Crippen molar-refractivity contribution >= 4 is 23.2 Å². The normalized spacial score (nSPS) is 21.4. The summed E-state index contributed by atoms with van der Waals surface area (Å²) in [7, 11) is 0. The van der Waals surface area contributed by atoms with Crippen molar-refractivity contribution in [2.24, 2.45) is 5.41 Å². The Balaban J connectivity index is 1.69. The Morgan fingerprint density at radius 1 is 1.15 bits per heavy atom. The van der Waals surface area contributed by atoms with E-state index in [1.165, 1.54) is 25.7 Å². The minimum absolute atomic E-state index is 0.0482. The monoisotopic (exact) mass is 292 g/mol. The van der Waals surface area contributed by atoms with Crippen LogP contribution in [0, 0.1) is 5.41 Å². The number of nitrogen functional groups attached to an aromatic ring is 1. The number of carbonyl (C=O) groups excluding carboxylic acids is 1. The van der Waals surface area contributed by atoms with Crippen LogP contribution in [-0.2, 0) is 0 Å². The number of nitrogens with zero attached hydrogens (tertiary/aromatic N) is 1. The maximum absolute atomic E-state index is 12.5. The van der Waals surface area contributed by atoms with Gasteiger partial charge in [-0.05, 0) is 49.3 Å². The van der Waals surface area contributed by atoms with Crippen LogP contribution in [-0.4, -0.2) is 23.9 Å². The number of amides is 1. The van der Waals surface area contributed by atoms with Gasteiger partial charge in [0.25, 0.3) is 5.91 Å². The van der Waals surface area contributed by atoms with Crippen molar-refractivity contribution in [3.8, 4) is 0 Å². The Hall–Kier alpha value is -1.22. The van der Waals surface area contributed by atoms with E-state index in [2.05, 4.69) is 0 Å². The second-order valence-corrected chi connectivity index (χ2v) is 6.67. The topological polar surface area (TPSA) is 46.3 Å². The number of benzene rings is 1. The van der Waals surface area contributed by atoms with Crippen LogP contribution in [0.3, 0.4) is 0 Å². The van der Waals surface area contributed by atoms with Gasteiger partial charge in [0.1, 0.15) is 0 Å². The summed E-state index contributed by atoms with van der Waals surface area (Å²) in [4.78, 5) is 14.5. The molecule has 1 spiro atoms. The summed E-state index contributed by atoms with van der Waals surface area (Å²) >= 11 is 5.88. The first kappa shape index (κ1) is 13.7. The molecule has 1 saturated heterocycles. The Morgan fingerprint density at radius 2 is 1.80 bits per heavy atom. The summed E-state index contributed by atoms with van der Waals surface area (Å²) < 4.78 is 0. The smallest absolute Gasteiger partial charge is 0.255 e. The van der Waals surface area contributed by atoms with Crippen molar-refractivity contribution in [1.82, 2.24) is 4.90 Å². The zero-order chi connectivity index (χ0) is 14.2. The molecule has 1 aliphatic heterocycles. The molecule has 108 valence electrons. The van der Waals surface area contributed by atoms with Gasteiger partial charge >= 0.3 is 0 Å². The molecule has 1 aromatic carbocycles. The van der Waals surface area contributed by atoms with Crippen LogP contribution < -0.4 is 5.73 Å². The van der Waals surface area contributed by atoms with Crippen molar-refractivity contribution in [3.63, 3.8) is 0 Å². The molecule has 2 aliphatic rings. The van der Waals surface area contributed by atoms with Gasteiger partial charge in [-0.3, -0.25) is 4.79 Å². The summed E-state index contributed by atoms with van der Waals surface area (Å²) in [6.07, 6.45) is 7.70. The summed E-state index contributed by atoms with van der Waals surface area (Å²) in [5.41, 5.74) is 7.50.